The Morgan fingerprint density at radius 3 is 2.38 bits per heavy atom. The van der Waals surface area contributed by atoms with Crippen molar-refractivity contribution in [2.75, 3.05) is 0 Å². The molecule has 0 radical (unpaired) electrons. The smallest absolute Gasteiger partial charge is 0.322 e. The lowest BCUT2D eigenvalue weighted by atomic mass is 10.0. The molecule has 2 rings (SSSR count). The number of aryl methyl sites for hydroxylation is 1. The molecule has 0 aliphatic carbocycles. The van der Waals surface area contributed by atoms with Gasteiger partial charge in [-0.05, 0) is 31.0 Å². The van der Waals surface area contributed by atoms with E-state index in [-0.39, 0.29) is 11.5 Å². The van der Waals surface area contributed by atoms with Gasteiger partial charge in [0, 0.05) is 5.56 Å². The summed E-state index contributed by atoms with van der Waals surface area (Å²) in [7, 11) is -4.32. The van der Waals surface area contributed by atoms with Crippen LogP contribution in [0.4, 0.5) is 0 Å². The number of esters is 1. The van der Waals surface area contributed by atoms with E-state index in [1.807, 2.05) is 6.92 Å². The Kier molecular flexibility index (Phi) is 5.38. The van der Waals surface area contributed by atoms with Crippen LogP contribution in [0.25, 0.3) is 11.1 Å². The van der Waals surface area contributed by atoms with Gasteiger partial charge in [-0.3, -0.25) is 9.35 Å². The van der Waals surface area contributed by atoms with Crippen LogP contribution in [-0.4, -0.2) is 25.0 Å². The summed E-state index contributed by atoms with van der Waals surface area (Å²) in [6.07, 6.45) is 0. The number of benzene rings is 2. The molecule has 2 aromatic rings. The van der Waals surface area contributed by atoms with E-state index in [0.29, 0.717) is 11.1 Å². The molecule has 0 saturated carbocycles. The largest absolute Gasteiger partial charge is 0.460 e. The van der Waals surface area contributed by atoms with Crippen molar-refractivity contribution in [3.8, 4) is 11.1 Å². The third-order valence-corrected chi connectivity index (χ3v) is 4.34. The Bertz CT molecular complexity index is 842. The summed E-state index contributed by atoms with van der Waals surface area (Å²) in [4.78, 5) is 11.2. The van der Waals surface area contributed by atoms with Crippen molar-refractivity contribution in [3.63, 3.8) is 0 Å². The molecule has 0 fully saturated rings. The minimum absolute atomic E-state index is 0.0830. The second-order valence-corrected chi connectivity index (χ2v) is 6.96. The first kappa shape index (κ1) is 18.1. The van der Waals surface area contributed by atoms with Crippen molar-refractivity contribution in [1.29, 1.82) is 0 Å². The zero-order valence-electron chi connectivity index (χ0n) is 13.4. The second kappa shape index (κ2) is 7.12. The first-order chi connectivity index (χ1) is 11.2. The number of hydrogen-bond acceptors (Lipinski definition) is 5. The highest BCUT2D eigenvalue weighted by Crippen LogP contribution is 2.28. The maximum Gasteiger partial charge on any atom is 0.322 e. The molecular weight excluding hydrogens is 330 g/mol. The lowest BCUT2D eigenvalue weighted by molar-refractivity contribution is -0.146. The van der Waals surface area contributed by atoms with Crippen LogP contribution in [0, 0.1) is 6.92 Å². The van der Waals surface area contributed by atoms with Crippen molar-refractivity contribution < 1.29 is 22.5 Å². The van der Waals surface area contributed by atoms with Crippen LogP contribution in [0.1, 0.15) is 18.1 Å². The average Bonchev–Trinajstić information content (AvgIpc) is 2.51. The number of carbonyl (C=O) groups excluding carboxylic acids is 1. The molecular formula is C17H19NO5S. The standard InChI is InChI=1S/C17H19NO5S/c1-11-3-8-16(24(20,21)22)15(9-11)14-6-4-13(5-7-14)10-23-17(19)12(2)18/h3-9,12H,10,18H2,1-2H3,(H,20,21,22)/t12-/m0/s1. The summed E-state index contributed by atoms with van der Waals surface area (Å²) < 4.78 is 37.5. The molecule has 0 aliphatic heterocycles. The van der Waals surface area contributed by atoms with Gasteiger partial charge in [-0.15, -0.1) is 0 Å². The summed E-state index contributed by atoms with van der Waals surface area (Å²) in [5, 5.41) is 0. The Morgan fingerprint density at radius 1 is 1.21 bits per heavy atom. The molecule has 0 unspecified atom stereocenters. The average molecular weight is 349 g/mol. The number of carbonyl (C=O) groups is 1. The van der Waals surface area contributed by atoms with Gasteiger partial charge in [-0.2, -0.15) is 8.42 Å². The molecule has 0 amide bonds. The van der Waals surface area contributed by atoms with Crippen LogP contribution in [0.2, 0.25) is 0 Å². The fourth-order valence-electron chi connectivity index (χ4n) is 2.16. The van der Waals surface area contributed by atoms with E-state index >= 15 is 0 Å². The lowest BCUT2D eigenvalue weighted by Crippen LogP contribution is -2.28. The highest BCUT2D eigenvalue weighted by Gasteiger charge is 2.16. The van der Waals surface area contributed by atoms with Crippen LogP contribution < -0.4 is 5.73 Å². The van der Waals surface area contributed by atoms with E-state index in [2.05, 4.69) is 0 Å². The fourth-order valence-corrected chi connectivity index (χ4v) is 2.86. The van der Waals surface area contributed by atoms with Crippen LogP contribution in [0.3, 0.4) is 0 Å². The maximum atomic E-state index is 11.5. The molecule has 1 atom stereocenters. The summed E-state index contributed by atoms with van der Waals surface area (Å²) in [5.41, 5.74) is 8.08. The molecule has 24 heavy (non-hydrogen) atoms. The van der Waals surface area contributed by atoms with Crippen LogP contribution in [0.15, 0.2) is 47.4 Å². The minimum Gasteiger partial charge on any atom is -0.460 e. The Morgan fingerprint density at radius 2 is 1.83 bits per heavy atom. The van der Waals surface area contributed by atoms with Gasteiger partial charge in [-0.1, -0.05) is 42.0 Å². The molecule has 7 heteroatoms. The Labute approximate surface area is 141 Å². The van der Waals surface area contributed by atoms with Crippen molar-refractivity contribution in [2.45, 2.75) is 31.4 Å². The lowest BCUT2D eigenvalue weighted by Gasteiger charge is -2.10. The summed E-state index contributed by atoms with van der Waals surface area (Å²) in [5.74, 6) is -0.494. The van der Waals surface area contributed by atoms with Crippen LogP contribution in [0.5, 0.6) is 0 Å². The molecule has 0 saturated heterocycles. The zero-order chi connectivity index (χ0) is 17.9. The highest BCUT2D eigenvalue weighted by atomic mass is 32.2. The quantitative estimate of drug-likeness (QED) is 0.633. The van der Waals surface area contributed by atoms with Gasteiger partial charge in [0.2, 0.25) is 0 Å². The molecule has 128 valence electrons. The van der Waals surface area contributed by atoms with Gasteiger partial charge in [0.05, 0.1) is 0 Å². The normalized spacial score (nSPS) is 12.7. The number of hydrogen-bond donors (Lipinski definition) is 2. The number of rotatable bonds is 5. The van der Waals surface area contributed by atoms with E-state index in [0.717, 1.165) is 11.1 Å². The van der Waals surface area contributed by atoms with E-state index in [1.54, 1.807) is 43.3 Å². The molecule has 0 spiro atoms. The van der Waals surface area contributed by atoms with E-state index in [4.69, 9.17) is 10.5 Å². The van der Waals surface area contributed by atoms with E-state index < -0.39 is 22.1 Å². The third kappa shape index (κ3) is 4.41. The predicted octanol–water partition coefficient (Wildman–Crippen LogP) is 2.30. The van der Waals surface area contributed by atoms with Gasteiger partial charge in [0.25, 0.3) is 10.1 Å². The molecule has 0 bridgehead atoms. The molecule has 0 heterocycles. The van der Waals surface area contributed by atoms with Gasteiger partial charge in [0.15, 0.2) is 0 Å². The van der Waals surface area contributed by atoms with E-state index in [1.165, 1.54) is 6.07 Å². The minimum atomic E-state index is -4.32. The van der Waals surface area contributed by atoms with Gasteiger partial charge in [0.1, 0.15) is 17.5 Å². The number of nitrogens with two attached hydrogens (primary N) is 1. The highest BCUT2D eigenvalue weighted by molar-refractivity contribution is 7.86. The SMILES string of the molecule is Cc1ccc(S(=O)(=O)O)c(-c2ccc(COC(=O)[C@H](C)N)cc2)c1. The van der Waals surface area contributed by atoms with Gasteiger partial charge in [-0.25, -0.2) is 0 Å². The van der Waals surface area contributed by atoms with Crippen molar-refractivity contribution in [2.24, 2.45) is 5.73 Å². The predicted molar refractivity (Wildman–Crippen MR) is 89.9 cm³/mol. The molecule has 0 aliphatic rings. The van der Waals surface area contributed by atoms with Crippen molar-refractivity contribution in [1.82, 2.24) is 0 Å². The first-order valence-electron chi connectivity index (χ1n) is 7.28. The van der Waals surface area contributed by atoms with Gasteiger partial charge < -0.3 is 10.5 Å². The second-order valence-electron chi connectivity index (χ2n) is 5.57. The van der Waals surface area contributed by atoms with Crippen molar-refractivity contribution in [3.05, 3.63) is 53.6 Å². The van der Waals surface area contributed by atoms with Gasteiger partial charge >= 0.3 is 5.97 Å². The Balaban J connectivity index is 2.29. The molecule has 6 nitrogen and oxygen atoms in total. The van der Waals surface area contributed by atoms with Crippen LogP contribution >= 0.6 is 0 Å². The Hall–Kier alpha value is -2.22. The maximum absolute atomic E-state index is 11.5. The molecule has 0 aromatic heterocycles. The number of ether oxygens (including phenoxy) is 1. The molecule has 3 N–H and O–H groups in total. The summed E-state index contributed by atoms with van der Waals surface area (Å²) in [6, 6.07) is 10.9. The topological polar surface area (TPSA) is 107 Å². The van der Waals surface area contributed by atoms with Crippen LogP contribution in [-0.2, 0) is 26.3 Å². The van der Waals surface area contributed by atoms with Crippen molar-refractivity contribution >= 4 is 16.1 Å². The molecule has 2 aromatic carbocycles. The zero-order valence-corrected chi connectivity index (χ0v) is 14.2. The van der Waals surface area contributed by atoms with E-state index in [9.17, 15) is 17.8 Å². The summed E-state index contributed by atoms with van der Waals surface area (Å²) in [6.45, 7) is 3.46. The monoisotopic (exact) mass is 349 g/mol. The first-order valence-corrected chi connectivity index (χ1v) is 8.72. The summed E-state index contributed by atoms with van der Waals surface area (Å²) >= 11 is 0. The third-order valence-electron chi connectivity index (χ3n) is 3.43. The fraction of sp³-hybridized carbons (Fsp3) is 0.235.